The van der Waals surface area contributed by atoms with Crippen LogP contribution in [0.15, 0.2) is 30.6 Å². The molecule has 1 amide bonds. The predicted octanol–water partition coefficient (Wildman–Crippen LogP) is 3.21. The van der Waals surface area contributed by atoms with E-state index in [-0.39, 0.29) is 5.91 Å². The molecule has 140 valence electrons. The van der Waals surface area contributed by atoms with E-state index in [0.717, 1.165) is 18.8 Å². The second-order valence-corrected chi connectivity index (χ2v) is 5.47. The summed E-state index contributed by atoms with van der Waals surface area (Å²) >= 11 is 0. The molecular formula is C19H25N3O4. The molecular weight excluding hydrogens is 334 g/mol. The summed E-state index contributed by atoms with van der Waals surface area (Å²) in [5.41, 5.74) is 1.92. The lowest BCUT2D eigenvalue weighted by Crippen LogP contribution is -2.22. The topological polar surface area (TPSA) is 72.9 Å². The van der Waals surface area contributed by atoms with E-state index < -0.39 is 0 Å². The Morgan fingerprint density at radius 1 is 1.00 bits per heavy atom. The van der Waals surface area contributed by atoms with Crippen molar-refractivity contribution >= 4 is 17.3 Å². The zero-order valence-electron chi connectivity index (χ0n) is 15.8. The van der Waals surface area contributed by atoms with Gasteiger partial charge < -0.3 is 24.4 Å². The quantitative estimate of drug-likeness (QED) is 0.780. The zero-order valence-corrected chi connectivity index (χ0v) is 15.8. The van der Waals surface area contributed by atoms with Crippen molar-refractivity contribution in [2.45, 2.75) is 13.8 Å². The molecule has 0 aliphatic heterocycles. The monoisotopic (exact) mass is 359 g/mol. The summed E-state index contributed by atoms with van der Waals surface area (Å²) in [6.07, 6.45) is 3.30. The van der Waals surface area contributed by atoms with Gasteiger partial charge in [-0.05, 0) is 19.9 Å². The smallest absolute Gasteiger partial charge is 0.257 e. The second kappa shape index (κ2) is 8.94. The Morgan fingerprint density at radius 3 is 2.12 bits per heavy atom. The molecule has 0 atom stereocenters. The molecule has 7 heteroatoms. The lowest BCUT2D eigenvalue weighted by atomic mass is 10.2. The Morgan fingerprint density at radius 2 is 1.62 bits per heavy atom. The van der Waals surface area contributed by atoms with Gasteiger partial charge in [-0.25, -0.2) is 0 Å². The summed E-state index contributed by atoms with van der Waals surface area (Å²) < 4.78 is 15.9. The Hall–Kier alpha value is -2.96. The number of carbonyl (C=O) groups is 1. The molecule has 1 aromatic heterocycles. The molecule has 0 saturated heterocycles. The highest BCUT2D eigenvalue weighted by atomic mass is 16.5. The number of amides is 1. The molecule has 0 spiro atoms. The maximum Gasteiger partial charge on any atom is 0.257 e. The van der Waals surface area contributed by atoms with Gasteiger partial charge in [-0.15, -0.1) is 0 Å². The van der Waals surface area contributed by atoms with E-state index >= 15 is 0 Å². The first-order chi connectivity index (χ1) is 12.6. The number of rotatable bonds is 8. The maximum atomic E-state index is 12.6. The number of aromatic nitrogens is 1. The van der Waals surface area contributed by atoms with Crippen molar-refractivity contribution in [2.24, 2.45) is 0 Å². The molecule has 0 bridgehead atoms. The molecule has 7 nitrogen and oxygen atoms in total. The molecule has 1 N–H and O–H groups in total. The predicted molar refractivity (Wildman–Crippen MR) is 102 cm³/mol. The molecule has 0 aliphatic rings. The standard InChI is InChI=1S/C19H25N3O4/c1-6-22(7-2)15-8-13(11-20-12-15)19(23)21-14-9-16(24-3)18(26-5)17(10-14)25-4/h8-12H,6-7H2,1-5H3,(H,21,23). The number of benzene rings is 1. The molecule has 2 rings (SSSR count). The lowest BCUT2D eigenvalue weighted by molar-refractivity contribution is 0.102. The van der Waals surface area contributed by atoms with E-state index in [1.165, 1.54) is 21.3 Å². The molecule has 26 heavy (non-hydrogen) atoms. The van der Waals surface area contributed by atoms with Gasteiger partial charge in [-0.3, -0.25) is 9.78 Å². The number of nitrogens with zero attached hydrogens (tertiary/aromatic N) is 2. The van der Waals surface area contributed by atoms with E-state index in [1.54, 1.807) is 24.5 Å². The SMILES string of the molecule is CCN(CC)c1cncc(C(=O)Nc2cc(OC)c(OC)c(OC)c2)c1. The Balaban J connectivity index is 2.29. The van der Waals surface area contributed by atoms with Crippen LogP contribution in [-0.4, -0.2) is 45.3 Å². The highest BCUT2D eigenvalue weighted by Crippen LogP contribution is 2.40. The summed E-state index contributed by atoms with van der Waals surface area (Å²) in [6.45, 7) is 5.81. The average Bonchev–Trinajstić information content (AvgIpc) is 2.68. The van der Waals surface area contributed by atoms with E-state index in [2.05, 4.69) is 29.0 Å². The fraction of sp³-hybridized carbons (Fsp3) is 0.368. The number of methoxy groups -OCH3 is 3. The molecule has 1 heterocycles. The van der Waals surface area contributed by atoms with E-state index in [4.69, 9.17) is 14.2 Å². The Bertz CT molecular complexity index is 735. The van der Waals surface area contributed by atoms with Crippen molar-refractivity contribution in [3.05, 3.63) is 36.2 Å². The van der Waals surface area contributed by atoms with Gasteiger partial charge in [-0.2, -0.15) is 0 Å². The fourth-order valence-corrected chi connectivity index (χ4v) is 2.67. The number of pyridine rings is 1. The van der Waals surface area contributed by atoms with Crippen molar-refractivity contribution in [3.63, 3.8) is 0 Å². The van der Waals surface area contributed by atoms with Crippen molar-refractivity contribution in [1.82, 2.24) is 4.98 Å². The molecule has 2 aromatic rings. The highest BCUT2D eigenvalue weighted by molar-refractivity contribution is 6.04. The Kier molecular flexibility index (Phi) is 6.66. The third kappa shape index (κ3) is 4.17. The van der Waals surface area contributed by atoms with Crippen molar-refractivity contribution < 1.29 is 19.0 Å². The maximum absolute atomic E-state index is 12.6. The van der Waals surface area contributed by atoms with Gasteiger partial charge in [-0.1, -0.05) is 0 Å². The van der Waals surface area contributed by atoms with Crippen LogP contribution in [-0.2, 0) is 0 Å². The highest BCUT2D eigenvalue weighted by Gasteiger charge is 2.16. The number of hydrogen-bond donors (Lipinski definition) is 1. The lowest BCUT2D eigenvalue weighted by Gasteiger charge is -2.21. The first kappa shape index (κ1) is 19.4. The summed E-state index contributed by atoms with van der Waals surface area (Å²) in [5.74, 6) is 1.15. The summed E-state index contributed by atoms with van der Waals surface area (Å²) in [7, 11) is 4.59. The van der Waals surface area contributed by atoms with Crippen LogP contribution >= 0.6 is 0 Å². The molecule has 1 aromatic carbocycles. The van der Waals surface area contributed by atoms with E-state index in [9.17, 15) is 4.79 Å². The first-order valence-electron chi connectivity index (χ1n) is 8.39. The van der Waals surface area contributed by atoms with Crippen LogP contribution in [0.2, 0.25) is 0 Å². The molecule has 0 fully saturated rings. The number of ether oxygens (including phenoxy) is 3. The Labute approximate surface area is 153 Å². The minimum absolute atomic E-state index is 0.263. The molecule has 0 aliphatic carbocycles. The van der Waals surface area contributed by atoms with Gasteiger partial charge in [0.05, 0.1) is 38.8 Å². The van der Waals surface area contributed by atoms with Gasteiger partial charge in [0.15, 0.2) is 11.5 Å². The second-order valence-electron chi connectivity index (χ2n) is 5.47. The third-order valence-electron chi connectivity index (χ3n) is 4.04. The largest absolute Gasteiger partial charge is 0.493 e. The molecule has 0 unspecified atom stereocenters. The van der Waals surface area contributed by atoms with Gasteiger partial charge in [0.25, 0.3) is 5.91 Å². The van der Waals surface area contributed by atoms with Crippen molar-refractivity contribution in [3.8, 4) is 17.2 Å². The van der Waals surface area contributed by atoms with Gasteiger partial charge in [0.2, 0.25) is 5.75 Å². The third-order valence-corrected chi connectivity index (χ3v) is 4.04. The van der Waals surface area contributed by atoms with Crippen LogP contribution in [0.25, 0.3) is 0 Å². The van der Waals surface area contributed by atoms with E-state index in [0.29, 0.717) is 28.5 Å². The van der Waals surface area contributed by atoms with Gasteiger partial charge in [0.1, 0.15) is 0 Å². The average molecular weight is 359 g/mol. The number of nitrogens with one attached hydrogen (secondary N) is 1. The minimum atomic E-state index is -0.263. The molecule has 0 saturated carbocycles. The van der Waals surface area contributed by atoms with Crippen LogP contribution in [0.3, 0.4) is 0 Å². The van der Waals surface area contributed by atoms with Gasteiger partial charge >= 0.3 is 0 Å². The number of hydrogen-bond acceptors (Lipinski definition) is 6. The van der Waals surface area contributed by atoms with Crippen LogP contribution < -0.4 is 24.4 Å². The summed E-state index contributed by atoms with van der Waals surface area (Å²) in [4.78, 5) is 19.0. The summed E-state index contributed by atoms with van der Waals surface area (Å²) in [5, 5.41) is 2.85. The van der Waals surface area contributed by atoms with Crippen LogP contribution in [0.5, 0.6) is 17.2 Å². The minimum Gasteiger partial charge on any atom is -0.493 e. The number of anilines is 2. The van der Waals surface area contributed by atoms with Crippen LogP contribution in [0.1, 0.15) is 24.2 Å². The first-order valence-corrected chi connectivity index (χ1v) is 8.39. The van der Waals surface area contributed by atoms with Crippen LogP contribution in [0.4, 0.5) is 11.4 Å². The van der Waals surface area contributed by atoms with E-state index in [1.807, 2.05) is 6.07 Å². The fourth-order valence-electron chi connectivity index (χ4n) is 2.67. The van der Waals surface area contributed by atoms with Crippen molar-refractivity contribution in [2.75, 3.05) is 44.6 Å². The summed E-state index contributed by atoms with van der Waals surface area (Å²) in [6, 6.07) is 5.19. The van der Waals surface area contributed by atoms with Gasteiger partial charge in [0, 0.05) is 37.1 Å². The number of carbonyl (C=O) groups excluding carboxylic acids is 1. The zero-order chi connectivity index (χ0) is 19.1. The molecule has 0 radical (unpaired) electrons. The normalized spacial score (nSPS) is 10.2. The van der Waals surface area contributed by atoms with Crippen LogP contribution in [0, 0.1) is 0 Å². The van der Waals surface area contributed by atoms with Crippen molar-refractivity contribution in [1.29, 1.82) is 0 Å².